The van der Waals surface area contributed by atoms with Gasteiger partial charge in [0.05, 0.1) is 12.8 Å². The predicted octanol–water partition coefficient (Wildman–Crippen LogP) is 3.55. The third-order valence-corrected chi connectivity index (χ3v) is 3.50. The Kier molecular flexibility index (Phi) is 3.28. The average Bonchev–Trinajstić information content (AvgIpc) is 2.90. The van der Waals surface area contributed by atoms with Crippen LogP contribution in [0.5, 0.6) is 0 Å². The number of halogens is 1. The zero-order chi connectivity index (χ0) is 14.1. The van der Waals surface area contributed by atoms with Crippen molar-refractivity contribution in [2.45, 2.75) is 0 Å². The lowest BCUT2D eigenvalue weighted by Crippen LogP contribution is -2.06. The summed E-state index contributed by atoms with van der Waals surface area (Å²) in [4.78, 5) is 16.3. The Morgan fingerprint density at radius 2 is 2.05 bits per heavy atom. The Balaban J connectivity index is 2.18. The zero-order valence-corrected chi connectivity index (χ0v) is 12.3. The number of fused-ring (bicyclic) bond motifs is 1. The molecule has 0 unspecified atom stereocenters. The van der Waals surface area contributed by atoms with Gasteiger partial charge < -0.3 is 4.74 Å². The molecule has 100 valence electrons. The molecule has 0 aliphatic heterocycles. The first-order chi connectivity index (χ1) is 9.69. The van der Waals surface area contributed by atoms with Crippen molar-refractivity contribution in [1.82, 2.24) is 9.38 Å². The van der Waals surface area contributed by atoms with Crippen LogP contribution in [-0.2, 0) is 4.74 Å². The van der Waals surface area contributed by atoms with Gasteiger partial charge in [-0.05, 0) is 24.3 Å². The van der Waals surface area contributed by atoms with E-state index in [1.54, 1.807) is 16.5 Å². The second-order valence-corrected chi connectivity index (χ2v) is 5.18. The molecule has 0 amide bonds. The summed E-state index contributed by atoms with van der Waals surface area (Å²) >= 11 is 3.44. The normalized spacial score (nSPS) is 10.7. The van der Waals surface area contributed by atoms with E-state index in [2.05, 4.69) is 20.9 Å². The van der Waals surface area contributed by atoms with Crippen molar-refractivity contribution < 1.29 is 9.53 Å². The van der Waals surface area contributed by atoms with Crippen LogP contribution in [0.2, 0.25) is 0 Å². The molecule has 0 bridgehead atoms. The van der Waals surface area contributed by atoms with Crippen LogP contribution in [0.3, 0.4) is 0 Å². The molecule has 3 rings (SSSR count). The lowest BCUT2D eigenvalue weighted by atomic mass is 10.2. The van der Waals surface area contributed by atoms with Gasteiger partial charge in [-0.25, -0.2) is 9.78 Å². The standard InChI is InChI=1S/C15H11BrN2O2/c1-20-15(19)13-6-3-7-14-17-12(9-18(13)14)10-4-2-5-11(16)8-10/h2-9H,1H3. The van der Waals surface area contributed by atoms with Crippen molar-refractivity contribution in [2.24, 2.45) is 0 Å². The third-order valence-electron chi connectivity index (χ3n) is 3.01. The van der Waals surface area contributed by atoms with Crippen LogP contribution in [0.15, 0.2) is 53.1 Å². The Hall–Kier alpha value is -2.14. The van der Waals surface area contributed by atoms with Crippen LogP contribution in [-0.4, -0.2) is 22.5 Å². The number of nitrogens with zero attached hydrogens (tertiary/aromatic N) is 2. The first-order valence-electron chi connectivity index (χ1n) is 6.01. The first-order valence-corrected chi connectivity index (χ1v) is 6.81. The molecular formula is C15H11BrN2O2. The Labute approximate surface area is 124 Å². The molecule has 0 spiro atoms. The van der Waals surface area contributed by atoms with E-state index in [1.165, 1.54) is 7.11 Å². The topological polar surface area (TPSA) is 43.6 Å². The van der Waals surface area contributed by atoms with E-state index in [9.17, 15) is 4.79 Å². The maximum atomic E-state index is 11.7. The van der Waals surface area contributed by atoms with Gasteiger partial charge in [0.2, 0.25) is 0 Å². The lowest BCUT2D eigenvalue weighted by molar-refractivity contribution is 0.0592. The number of methoxy groups -OCH3 is 1. The number of rotatable bonds is 2. The molecule has 0 fully saturated rings. The number of carbonyl (C=O) groups excluding carboxylic acids is 1. The minimum absolute atomic E-state index is 0.381. The number of hydrogen-bond donors (Lipinski definition) is 0. The predicted molar refractivity (Wildman–Crippen MR) is 79.7 cm³/mol. The van der Waals surface area contributed by atoms with Crippen LogP contribution in [0.1, 0.15) is 10.5 Å². The van der Waals surface area contributed by atoms with Gasteiger partial charge in [0.1, 0.15) is 11.3 Å². The summed E-state index contributed by atoms with van der Waals surface area (Å²) in [6, 6.07) is 13.2. The number of aromatic nitrogens is 2. The molecule has 0 saturated heterocycles. The zero-order valence-electron chi connectivity index (χ0n) is 10.7. The van der Waals surface area contributed by atoms with Crippen molar-refractivity contribution >= 4 is 27.5 Å². The maximum absolute atomic E-state index is 11.7. The molecule has 2 heterocycles. The minimum Gasteiger partial charge on any atom is -0.464 e. The number of imidazole rings is 1. The summed E-state index contributed by atoms with van der Waals surface area (Å²) < 4.78 is 7.51. The van der Waals surface area contributed by atoms with Gasteiger partial charge in [-0.15, -0.1) is 0 Å². The minimum atomic E-state index is -0.381. The molecule has 0 aliphatic carbocycles. The average molecular weight is 331 g/mol. The smallest absolute Gasteiger partial charge is 0.355 e. The van der Waals surface area contributed by atoms with E-state index in [1.807, 2.05) is 36.5 Å². The lowest BCUT2D eigenvalue weighted by Gasteiger charge is -2.01. The summed E-state index contributed by atoms with van der Waals surface area (Å²) in [6.07, 6.45) is 1.84. The van der Waals surface area contributed by atoms with Crippen molar-refractivity contribution in [2.75, 3.05) is 7.11 Å². The first kappa shape index (κ1) is 12.9. The van der Waals surface area contributed by atoms with E-state index in [0.717, 1.165) is 15.7 Å². The van der Waals surface area contributed by atoms with E-state index in [0.29, 0.717) is 11.3 Å². The molecule has 0 aliphatic rings. The molecule has 4 nitrogen and oxygen atoms in total. The molecule has 20 heavy (non-hydrogen) atoms. The molecule has 5 heteroatoms. The summed E-state index contributed by atoms with van der Waals surface area (Å²) in [5, 5.41) is 0. The fraction of sp³-hybridized carbons (Fsp3) is 0.0667. The number of esters is 1. The summed E-state index contributed by atoms with van der Waals surface area (Å²) in [7, 11) is 1.37. The Morgan fingerprint density at radius 3 is 2.80 bits per heavy atom. The van der Waals surface area contributed by atoms with Crippen molar-refractivity contribution in [3.05, 3.63) is 58.8 Å². The van der Waals surface area contributed by atoms with Gasteiger partial charge in [-0.3, -0.25) is 4.40 Å². The molecule has 0 N–H and O–H groups in total. The Morgan fingerprint density at radius 1 is 1.25 bits per heavy atom. The van der Waals surface area contributed by atoms with Crippen molar-refractivity contribution in [3.8, 4) is 11.3 Å². The van der Waals surface area contributed by atoms with Crippen LogP contribution < -0.4 is 0 Å². The van der Waals surface area contributed by atoms with Crippen LogP contribution in [0.25, 0.3) is 16.9 Å². The van der Waals surface area contributed by atoms with Crippen LogP contribution in [0.4, 0.5) is 0 Å². The van der Waals surface area contributed by atoms with Gasteiger partial charge in [0.25, 0.3) is 0 Å². The van der Waals surface area contributed by atoms with Gasteiger partial charge in [-0.1, -0.05) is 34.1 Å². The molecule has 1 aromatic carbocycles. The van der Waals surface area contributed by atoms with Gasteiger partial charge in [-0.2, -0.15) is 0 Å². The van der Waals surface area contributed by atoms with E-state index in [-0.39, 0.29) is 5.97 Å². The highest BCUT2D eigenvalue weighted by molar-refractivity contribution is 9.10. The highest BCUT2D eigenvalue weighted by Crippen LogP contribution is 2.23. The number of pyridine rings is 1. The van der Waals surface area contributed by atoms with Crippen LogP contribution in [0, 0.1) is 0 Å². The molecule has 0 radical (unpaired) electrons. The van der Waals surface area contributed by atoms with Crippen molar-refractivity contribution in [1.29, 1.82) is 0 Å². The molecular weight excluding hydrogens is 320 g/mol. The fourth-order valence-electron chi connectivity index (χ4n) is 2.07. The summed E-state index contributed by atoms with van der Waals surface area (Å²) in [6.45, 7) is 0. The van der Waals surface area contributed by atoms with Crippen LogP contribution >= 0.6 is 15.9 Å². The summed E-state index contributed by atoms with van der Waals surface area (Å²) in [5.41, 5.74) is 2.96. The molecule has 3 aromatic rings. The molecule has 2 aromatic heterocycles. The second-order valence-electron chi connectivity index (χ2n) is 4.27. The second kappa shape index (κ2) is 5.09. The van der Waals surface area contributed by atoms with E-state index >= 15 is 0 Å². The van der Waals surface area contributed by atoms with E-state index < -0.39 is 0 Å². The maximum Gasteiger partial charge on any atom is 0.355 e. The van der Waals surface area contributed by atoms with E-state index in [4.69, 9.17) is 4.74 Å². The Bertz CT molecular complexity index is 795. The monoisotopic (exact) mass is 330 g/mol. The summed E-state index contributed by atoms with van der Waals surface area (Å²) in [5.74, 6) is -0.381. The number of benzene rings is 1. The highest BCUT2D eigenvalue weighted by Gasteiger charge is 2.12. The van der Waals surface area contributed by atoms with Gasteiger partial charge in [0.15, 0.2) is 0 Å². The van der Waals surface area contributed by atoms with Gasteiger partial charge in [0, 0.05) is 16.2 Å². The van der Waals surface area contributed by atoms with Crippen molar-refractivity contribution in [3.63, 3.8) is 0 Å². The number of ether oxygens (including phenoxy) is 1. The highest BCUT2D eigenvalue weighted by atomic mass is 79.9. The number of hydrogen-bond acceptors (Lipinski definition) is 3. The fourth-order valence-corrected chi connectivity index (χ4v) is 2.47. The molecule has 0 atom stereocenters. The largest absolute Gasteiger partial charge is 0.464 e. The number of carbonyl (C=O) groups is 1. The SMILES string of the molecule is COC(=O)c1cccc2nc(-c3cccc(Br)c3)cn12. The third kappa shape index (κ3) is 2.20. The van der Waals surface area contributed by atoms with Gasteiger partial charge >= 0.3 is 5.97 Å². The molecule has 0 saturated carbocycles. The quantitative estimate of drug-likeness (QED) is 0.675.